The molecule has 1 N–H and O–H groups in total. The highest BCUT2D eigenvalue weighted by atomic mass is 19.4. The van der Waals surface area contributed by atoms with Crippen molar-refractivity contribution in [2.75, 3.05) is 29.9 Å². The minimum absolute atomic E-state index is 0.00586. The number of halogens is 3. The molecule has 1 saturated heterocycles. The second-order valence-corrected chi connectivity index (χ2v) is 5.11. The molecule has 8 heteroatoms. The van der Waals surface area contributed by atoms with Gasteiger partial charge in [0.05, 0.1) is 18.8 Å². The van der Waals surface area contributed by atoms with Crippen molar-refractivity contribution in [2.24, 2.45) is 0 Å². The summed E-state index contributed by atoms with van der Waals surface area (Å²) in [7, 11) is 0. The molecule has 118 valence electrons. The summed E-state index contributed by atoms with van der Waals surface area (Å²) in [6.07, 6.45) is -4.55. The molecule has 2 rings (SSSR count). The zero-order valence-electron chi connectivity index (χ0n) is 12.2. The summed E-state index contributed by atoms with van der Waals surface area (Å²) in [5, 5.41) is 2.75. The molecule has 0 aliphatic carbocycles. The summed E-state index contributed by atoms with van der Waals surface area (Å²) in [5.74, 6) is 0.268. The van der Waals surface area contributed by atoms with Gasteiger partial charge in [0.2, 0.25) is 5.95 Å². The first kappa shape index (κ1) is 15.8. The molecule has 0 amide bonds. The molecule has 1 aliphatic heterocycles. The standard InChI is InChI=1S/C13H19F3N4O/c1-4-17-12-18-10(13(14,15)16)5-11(19-12)20-6-9(3)21-7-8(20)2/h5,8-9H,4,6-7H2,1-3H3,(H,17,18,19). The van der Waals surface area contributed by atoms with E-state index in [9.17, 15) is 13.2 Å². The van der Waals surface area contributed by atoms with E-state index in [1.54, 1.807) is 6.92 Å². The summed E-state index contributed by atoms with van der Waals surface area (Å²) in [6, 6.07) is 0.960. The van der Waals surface area contributed by atoms with Crippen molar-refractivity contribution in [3.63, 3.8) is 0 Å². The summed E-state index contributed by atoms with van der Waals surface area (Å²) in [6.45, 7) is 6.98. The minimum atomic E-state index is -4.50. The number of nitrogens with one attached hydrogen (secondary N) is 1. The SMILES string of the molecule is CCNc1nc(N2CC(C)OCC2C)cc(C(F)(F)F)n1. The Bertz CT molecular complexity index is 495. The molecule has 0 saturated carbocycles. The Morgan fingerprint density at radius 3 is 2.71 bits per heavy atom. The summed E-state index contributed by atoms with van der Waals surface area (Å²) < 4.78 is 44.4. The van der Waals surface area contributed by atoms with Gasteiger partial charge in [-0.25, -0.2) is 4.98 Å². The quantitative estimate of drug-likeness (QED) is 0.930. The summed E-state index contributed by atoms with van der Waals surface area (Å²) in [5.41, 5.74) is -0.935. The highest BCUT2D eigenvalue weighted by Gasteiger charge is 2.35. The Labute approximate surface area is 121 Å². The number of alkyl halides is 3. The molecule has 1 aromatic rings. The van der Waals surface area contributed by atoms with Crippen LogP contribution in [0.15, 0.2) is 6.07 Å². The number of nitrogens with zero attached hydrogens (tertiary/aromatic N) is 3. The monoisotopic (exact) mass is 304 g/mol. The van der Waals surface area contributed by atoms with Gasteiger partial charge in [0.25, 0.3) is 0 Å². The van der Waals surface area contributed by atoms with Crippen molar-refractivity contribution < 1.29 is 17.9 Å². The van der Waals surface area contributed by atoms with Crippen LogP contribution in [-0.4, -0.2) is 41.8 Å². The predicted molar refractivity (Wildman–Crippen MR) is 73.4 cm³/mol. The topological polar surface area (TPSA) is 50.3 Å². The fourth-order valence-electron chi connectivity index (χ4n) is 2.19. The lowest BCUT2D eigenvalue weighted by atomic mass is 10.2. The Kier molecular flexibility index (Phi) is 4.55. The first-order chi connectivity index (χ1) is 9.81. The van der Waals surface area contributed by atoms with E-state index >= 15 is 0 Å². The van der Waals surface area contributed by atoms with Gasteiger partial charge in [0, 0.05) is 19.2 Å². The van der Waals surface area contributed by atoms with E-state index in [1.165, 1.54) is 0 Å². The molecule has 1 aromatic heterocycles. The number of morpholine rings is 1. The van der Waals surface area contributed by atoms with Crippen LogP contribution in [0.3, 0.4) is 0 Å². The Morgan fingerprint density at radius 2 is 2.10 bits per heavy atom. The third kappa shape index (κ3) is 3.75. The van der Waals surface area contributed by atoms with E-state index in [0.717, 1.165) is 6.07 Å². The van der Waals surface area contributed by atoms with Crippen molar-refractivity contribution in [1.82, 2.24) is 9.97 Å². The summed E-state index contributed by atoms with van der Waals surface area (Å²) in [4.78, 5) is 9.55. The van der Waals surface area contributed by atoms with E-state index in [4.69, 9.17) is 4.74 Å². The largest absolute Gasteiger partial charge is 0.433 e. The number of hydrogen-bond donors (Lipinski definition) is 1. The average molecular weight is 304 g/mol. The van der Waals surface area contributed by atoms with Crippen LogP contribution in [0.1, 0.15) is 26.5 Å². The molecular formula is C13H19F3N4O. The van der Waals surface area contributed by atoms with Crippen LogP contribution in [0.4, 0.5) is 24.9 Å². The fraction of sp³-hybridized carbons (Fsp3) is 0.692. The maximum absolute atomic E-state index is 13.0. The first-order valence-corrected chi connectivity index (χ1v) is 6.89. The zero-order chi connectivity index (χ0) is 15.6. The van der Waals surface area contributed by atoms with Gasteiger partial charge in [-0.2, -0.15) is 18.2 Å². The predicted octanol–water partition coefficient (Wildman–Crippen LogP) is 2.54. The number of hydrogen-bond acceptors (Lipinski definition) is 5. The van der Waals surface area contributed by atoms with Gasteiger partial charge < -0.3 is 15.0 Å². The molecule has 0 radical (unpaired) electrons. The molecule has 5 nitrogen and oxygen atoms in total. The van der Waals surface area contributed by atoms with Crippen LogP contribution in [0.2, 0.25) is 0 Å². The molecule has 0 spiro atoms. The lowest BCUT2D eigenvalue weighted by Crippen LogP contribution is -2.48. The van der Waals surface area contributed by atoms with Gasteiger partial charge in [-0.05, 0) is 20.8 Å². The van der Waals surface area contributed by atoms with Crippen LogP contribution in [0.5, 0.6) is 0 Å². The lowest BCUT2D eigenvalue weighted by molar-refractivity contribution is -0.141. The third-order valence-electron chi connectivity index (χ3n) is 3.24. The van der Waals surface area contributed by atoms with Gasteiger partial charge >= 0.3 is 6.18 Å². The van der Waals surface area contributed by atoms with E-state index in [1.807, 2.05) is 18.7 Å². The number of aromatic nitrogens is 2. The molecule has 2 atom stereocenters. The van der Waals surface area contributed by atoms with Crippen molar-refractivity contribution >= 4 is 11.8 Å². The van der Waals surface area contributed by atoms with E-state index in [2.05, 4.69) is 15.3 Å². The molecule has 2 heterocycles. The highest BCUT2D eigenvalue weighted by Crippen LogP contribution is 2.31. The van der Waals surface area contributed by atoms with Crippen molar-refractivity contribution in [1.29, 1.82) is 0 Å². The second-order valence-electron chi connectivity index (χ2n) is 5.11. The maximum atomic E-state index is 13.0. The second kappa shape index (κ2) is 6.05. The van der Waals surface area contributed by atoms with Crippen molar-refractivity contribution in [3.8, 4) is 0 Å². The van der Waals surface area contributed by atoms with Gasteiger partial charge in [0.1, 0.15) is 5.82 Å². The maximum Gasteiger partial charge on any atom is 0.433 e. The van der Waals surface area contributed by atoms with Gasteiger partial charge in [-0.3, -0.25) is 0 Å². The Morgan fingerprint density at radius 1 is 1.38 bits per heavy atom. The van der Waals surface area contributed by atoms with Crippen LogP contribution in [0.25, 0.3) is 0 Å². The molecule has 1 aliphatic rings. The highest BCUT2D eigenvalue weighted by molar-refractivity contribution is 5.47. The summed E-state index contributed by atoms with van der Waals surface area (Å²) >= 11 is 0. The van der Waals surface area contributed by atoms with E-state index < -0.39 is 11.9 Å². The zero-order valence-corrected chi connectivity index (χ0v) is 12.2. The number of anilines is 2. The van der Waals surface area contributed by atoms with E-state index in [-0.39, 0.29) is 23.9 Å². The fourth-order valence-corrected chi connectivity index (χ4v) is 2.19. The van der Waals surface area contributed by atoms with Gasteiger partial charge in [-0.1, -0.05) is 0 Å². The molecule has 1 fully saturated rings. The lowest BCUT2D eigenvalue weighted by Gasteiger charge is -2.37. The van der Waals surface area contributed by atoms with E-state index in [0.29, 0.717) is 19.7 Å². The molecule has 0 aromatic carbocycles. The third-order valence-corrected chi connectivity index (χ3v) is 3.24. The van der Waals surface area contributed by atoms with Crippen LogP contribution >= 0.6 is 0 Å². The van der Waals surface area contributed by atoms with Crippen LogP contribution in [0, 0.1) is 0 Å². The smallest absolute Gasteiger partial charge is 0.375 e. The molecule has 2 unspecified atom stereocenters. The van der Waals surface area contributed by atoms with Crippen molar-refractivity contribution in [2.45, 2.75) is 39.1 Å². The Balaban J connectivity index is 2.39. The molecule has 0 bridgehead atoms. The average Bonchev–Trinajstić information content (AvgIpc) is 2.40. The number of rotatable bonds is 3. The van der Waals surface area contributed by atoms with Gasteiger partial charge in [0.15, 0.2) is 5.69 Å². The molecular weight excluding hydrogens is 285 g/mol. The first-order valence-electron chi connectivity index (χ1n) is 6.89. The van der Waals surface area contributed by atoms with Crippen LogP contribution < -0.4 is 10.2 Å². The normalized spacial score (nSPS) is 23.2. The van der Waals surface area contributed by atoms with Gasteiger partial charge in [-0.15, -0.1) is 0 Å². The minimum Gasteiger partial charge on any atom is -0.375 e. The Hall–Kier alpha value is -1.57. The number of ether oxygens (including phenoxy) is 1. The molecule has 21 heavy (non-hydrogen) atoms. The van der Waals surface area contributed by atoms with Crippen LogP contribution in [-0.2, 0) is 10.9 Å². The van der Waals surface area contributed by atoms with Crippen molar-refractivity contribution in [3.05, 3.63) is 11.8 Å².